The molecular formula is C31H61NO10. The maximum atomic E-state index is 12.8. The van der Waals surface area contributed by atoms with E-state index in [1.807, 2.05) is 0 Å². The molecule has 1 amide bonds. The Labute approximate surface area is 252 Å². The summed E-state index contributed by atoms with van der Waals surface area (Å²) in [5.41, 5.74) is 0. The van der Waals surface area contributed by atoms with E-state index in [4.69, 9.17) is 9.47 Å². The molecule has 0 aromatic heterocycles. The highest BCUT2D eigenvalue weighted by Crippen LogP contribution is 2.23. The number of amides is 1. The Bertz CT molecular complexity index is 670. The monoisotopic (exact) mass is 607 g/mol. The minimum absolute atomic E-state index is 0.262. The van der Waals surface area contributed by atoms with Crippen LogP contribution in [0, 0.1) is 0 Å². The molecule has 42 heavy (non-hydrogen) atoms. The van der Waals surface area contributed by atoms with Gasteiger partial charge in [-0.2, -0.15) is 0 Å². The summed E-state index contributed by atoms with van der Waals surface area (Å²) in [4.78, 5) is 12.8. The zero-order valence-corrected chi connectivity index (χ0v) is 26.0. The van der Waals surface area contributed by atoms with E-state index in [1.54, 1.807) is 0 Å². The van der Waals surface area contributed by atoms with E-state index in [2.05, 4.69) is 19.2 Å². The van der Waals surface area contributed by atoms with Gasteiger partial charge in [0.1, 0.15) is 36.6 Å². The maximum absolute atomic E-state index is 12.8. The zero-order chi connectivity index (χ0) is 31.3. The first-order valence-corrected chi connectivity index (χ1v) is 16.4. The summed E-state index contributed by atoms with van der Waals surface area (Å²) < 4.78 is 10.9. The Balaban J connectivity index is 2.66. The standard InChI is InChI=1S/C31H61NO10/c1-3-5-7-9-11-12-13-15-17-19-24(35)30(40)32-22(26(36)23(34)18-16-14-10-8-6-4-2)21-41-31-29(39)28(38)27(37)25(20-33)42-31/h22-29,31,33-39H,3-21H2,1-2H3,(H,32,40). The number of carbonyl (C=O) groups is 1. The van der Waals surface area contributed by atoms with Gasteiger partial charge in [-0.15, -0.1) is 0 Å². The van der Waals surface area contributed by atoms with Crippen molar-refractivity contribution in [1.29, 1.82) is 0 Å². The van der Waals surface area contributed by atoms with Gasteiger partial charge in [-0.1, -0.05) is 110 Å². The van der Waals surface area contributed by atoms with Gasteiger partial charge in [0.05, 0.1) is 25.4 Å². The highest BCUT2D eigenvalue weighted by atomic mass is 16.7. The largest absolute Gasteiger partial charge is 0.394 e. The van der Waals surface area contributed by atoms with Gasteiger partial charge in [-0.3, -0.25) is 4.79 Å². The van der Waals surface area contributed by atoms with Crippen LogP contribution >= 0.6 is 0 Å². The number of ether oxygens (including phenoxy) is 2. The summed E-state index contributed by atoms with van der Waals surface area (Å²) in [6.45, 7) is 3.27. The number of unbranched alkanes of at least 4 members (excludes halogenated alkanes) is 13. The second-order valence-corrected chi connectivity index (χ2v) is 11.9. The van der Waals surface area contributed by atoms with E-state index >= 15 is 0 Å². The second-order valence-electron chi connectivity index (χ2n) is 11.9. The number of aliphatic hydroxyl groups excluding tert-OH is 7. The molecule has 1 heterocycles. The molecule has 0 aromatic carbocycles. The van der Waals surface area contributed by atoms with Crippen LogP contribution in [-0.2, 0) is 14.3 Å². The summed E-state index contributed by atoms with van der Waals surface area (Å²) in [6.07, 6.45) is 5.11. The summed E-state index contributed by atoms with van der Waals surface area (Å²) >= 11 is 0. The first-order valence-electron chi connectivity index (χ1n) is 16.4. The van der Waals surface area contributed by atoms with Crippen LogP contribution in [0.3, 0.4) is 0 Å². The Kier molecular flexibility index (Phi) is 21.9. The van der Waals surface area contributed by atoms with Crippen molar-refractivity contribution >= 4 is 5.91 Å². The van der Waals surface area contributed by atoms with Crippen LogP contribution in [-0.4, -0.2) is 110 Å². The molecule has 0 spiro atoms. The number of hydrogen-bond acceptors (Lipinski definition) is 10. The number of nitrogens with one attached hydrogen (secondary N) is 1. The van der Waals surface area contributed by atoms with Crippen LogP contribution in [0.1, 0.15) is 123 Å². The van der Waals surface area contributed by atoms with Crippen molar-refractivity contribution in [2.75, 3.05) is 13.2 Å². The molecule has 8 N–H and O–H groups in total. The van der Waals surface area contributed by atoms with Crippen molar-refractivity contribution in [3.8, 4) is 0 Å². The third-order valence-electron chi connectivity index (χ3n) is 8.16. The molecule has 0 radical (unpaired) electrons. The molecule has 9 atom stereocenters. The Hall–Kier alpha value is -0.890. The molecule has 0 aromatic rings. The number of carbonyl (C=O) groups excluding carboxylic acids is 1. The van der Waals surface area contributed by atoms with Gasteiger partial charge in [-0.05, 0) is 12.8 Å². The van der Waals surface area contributed by atoms with E-state index < -0.39 is 74.2 Å². The van der Waals surface area contributed by atoms with Crippen molar-refractivity contribution < 1.29 is 50.0 Å². The van der Waals surface area contributed by atoms with Crippen LogP contribution < -0.4 is 5.32 Å². The second kappa shape index (κ2) is 23.5. The molecule has 11 heteroatoms. The van der Waals surface area contributed by atoms with Gasteiger partial charge < -0.3 is 50.5 Å². The van der Waals surface area contributed by atoms with E-state index in [-0.39, 0.29) is 6.42 Å². The lowest BCUT2D eigenvalue weighted by Crippen LogP contribution is -2.60. The SMILES string of the molecule is CCCCCCCCCCCC(O)C(=O)NC(COC1OC(CO)C(O)C(O)C1O)C(O)C(O)CCCCCCCC. The summed E-state index contributed by atoms with van der Waals surface area (Å²) in [6, 6.07) is -1.15. The van der Waals surface area contributed by atoms with Crippen LogP contribution in [0.5, 0.6) is 0 Å². The predicted octanol–water partition coefficient (Wildman–Crippen LogP) is 2.04. The average Bonchev–Trinajstić information content (AvgIpc) is 2.98. The van der Waals surface area contributed by atoms with Gasteiger partial charge in [0.15, 0.2) is 6.29 Å². The van der Waals surface area contributed by atoms with E-state index in [1.165, 1.54) is 32.1 Å². The third-order valence-corrected chi connectivity index (χ3v) is 8.16. The number of rotatable bonds is 25. The zero-order valence-electron chi connectivity index (χ0n) is 26.0. The quantitative estimate of drug-likeness (QED) is 0.0713. The van der Waals surface area contributed by atoms with Gasteiger partial charge in [0, 0.05) is 0 Å². The first kappa shape index (κ1) is 39.1. The first-order chi connectivity index (χ1) is 20.2. The van der Waals surface area contributed by atoms with E-state index in [0.29, 0.717) is 19.3 Å². The molecule has 1 aliphatic rings. The Morgan fingerprint density at radius 2 is 1.24 bits per heavy atom. The fourth-order valence-corrected chi connectivity index (χ4v) is 5.26. The fourth-order valence-electron chi connectivity index (χ4n) is 5.26. The van der Waals surface area contributed by atoms with Crippen LogP contribution in [0.2, 0.25) is 0 Å². The van der Waals surface area contributed by atoms with Gasteiger partial charge in [0.25, 0.3) is 0 Å². The van der Waals surface area contributed by atoms with Crippen molar-refractivity contribution in [2.24, 2.45) is 0 Å². The number of aliphatic hydroxyl groups is 7. The van der Waals surface area contributed by atoms with Gasteiger partial charge in [-0.25, -0.2) is 0 Å². The fraction of sp³-hybridized carbons (Fsp3) is 0.968. The Morgan fingerprint density at radius 1 is 0.738 bits per heavy atom. The lowest BCUT2D eigenvalue weighted by Gasteiger charge is -2.40. The van der Waals surface area contributed by atoms with Crippen LogP contribution in [0.4, 0.5) is 0 Å². The van der Waals surface area contributed by atoms with Crippen molar-refractivity contribution in [1.82, 2.24) is 5.32 Å². The molecule has 1 aliphatic heterocycles. The molecule has 0 bridgehead atoms. The van der Waals surface area contributed by atoms with Gasteiger partial charge >= 0.3 is 0 Å². The number of hydrogen-bond donors (Lipinski definition) is 8. The molecule has 0 saturated carbocycles. The summed E-state index contributed by atoms with van der Waals surface area (Å²) in [5, 5.41) is 74.4. The normalized spacial score (nSPS) is 25.6. The van der Waals surface area contributed by atoms with Crippen LogP contribution in [0.15, 0.2) is 0 Å². The lowest BCUT2D eigenvalue weighted by molar-refractivity contribution is -0.303. The van der Waals surface area contributed by atoms with Crippen LogP contribution in [0.25, 0.3) is 0 Å². The lowest BCUT2D eigenvalue weighted by atomic mass is 9.98. The highest BCUT2D eigenvalue weighted by molar-refractivity contribution is 5.80. The van der Waals surface area contributed by atoms with Gasteiger partial charge in [0.2, 0.25) is 5.91 Å². The minimum atomic E-state index is -1.65. The maximum Gasteiger partial charge on any atom is 0.249 e. The molecule has 9 unspecified atom stereocenters. The molecule has 0 aliphatic carbocycles. The molecule has 1 rings (SSSR count). The summed E-state index contributed by atoms with van der Waals surface area (Å²) in [7, 11) is 0. The van der Waals surface area contributed by atoms with E-state index in [0.717, 1.165) is 51.4 Å². The third kappa shape index (κ3) is 15.2. The summed E-state index contributed by atoms with van der Waals surface area (Å²) in [5.74, 6) is -0.706. The van der Waals surface area contributed by atoms with E-state index in [9.17, 15) is 40.5 Å². The topological polar surface area (TPSA) is 189 Å². The molecular weight excluding hydrogens is 546 g/mol. The minimum Gasteiger partial charge on any atom is -0.394 e. The molecule has 1 fully saturated rings. The Morgan fingerprint density at radius 3 is 1.76 bits per heavy atom. The molecule has 1 saturated heterocycles. The predicted molar refractivity (Wildman–Crippen MR) is 160 cm³/mol. The molecule has 250 valence electrons. The molecule has 11 nitrogen and oxygen atoms in total. The average molecular weight is 608 g/mol. The smallest absolute Gasteiger partial charge is 0.249 e. The van der Waals surface area contributed by atoms with Crippen molar-refractivity contribution in [2.45, 2.75) is 178 Å². The van der Waals surface area contributed by atoms with Crippen molar-refractivity contribution in [3.05, 3.63) is 0 Å². The van der Waals surface area contributed by atoms with Crippen molar-refractivity contribution in [3.63, 3.8) is 0 Å². The highest BCUT2D eigenvalue weighted by Gasteiger charge is 2.44.